The Morgan fingerprint density at radius 3 is 2.66 bits per heavy atom. The highest BCUT2D eigenvalue weighted by molar-refractivity contribution is 6.12. The number of nitrogens with zero attached hydrogens (tertiary/aromatic N) is 2. The highest BCUT2D eigenvalue weighted by Crippen LogP contribution is 2.41. The second-order valence-corrected chi connectivity index (χ2v) is 8.90. The van der Waals surface area contributed by atoms with E-state index in [1.54, 1.807) is 24.3 Å². The molecule has 4 heterocycles. The summed E-state index contributed by atoms with van der Waals surface area (Å²) in [5.74, 6) is 1.13. The molecule has 0 radical (unpaired) electrons. The van der Waals surface area contributed by atoms with Crippen molar-refractivity contribution in [2.24, 2.45) is 0 Å². The number of carbonyl (C=O) groups excluding carboxylic acids is 3. The number of aryl methyl sites for hydroxylation is 1. The fourth-order valence-corrected chi connectivity index (χ4v) is 5.21. The van der Waals surface area contributed by atoms with Crippen LogP contribution in [-0.2, 0) is 10.3 Å². The van der Waals surface area contributed by atoms with E-state index in [0.29, 0.717) is 47.1 Å². The molecule has 3 amide bonds. The molecule has 1 aromatic heterocycles. The minimum Gasteiger partial charge on any atom is -0.493 e. The van der Waals surface area contributed by atoms with Crippen molar-refractivity contribution in [2.45, 2.75) is 25.8 Å². The van der Waals surface area contributed by atoms with Crippen LogP contribution >= 0.6 is 0 Å². The molecule has 35 heavy (non-hydrogen) atoms. The zero-order valence-electron chi connectivity index (χ0n) is 19.3. The summed E-state index contributed by atoms with van der Waals surface area (Å²) in [6, 6.07) is 13.9. The van der Waals surface area contributed by atoms with Crippen molar-refractivity contribution in [3.8, 4) is 22.9 Å². The number of carbonyl (C=O) groups is 3. The van der Waals surface area contributed by atoms with E-state index in [0.717, 1.165) is 16.3 Å². The third kappa shape index (κ3) is 3.11. The number of nitrogens with one attached hydrogen (secondary N) is 1. The van der Waals surface area contributed by atoms with Crippen molar-refractivity contribution in [3.05, 3.63) is 71.0 Å². The van der Waals surface area contributed by atoms with Gasteiger partial charge in [0.15, 0.2) is 22.8 Å². The number of Topliss-reactive ketones (excluding diaryl/α,β-unsaturated/α-hetero) is 1. The summed E-state index contributed by atoms with van der Waals surface area (Å²) in [5, 5.41) is 2.84. The van der Waals surface area contributed by atoms with Crippen molar-refractivity contribution in [3.63, 3.8) is 0 Å². The highest BCUT2D eigenvalue weighted by atomic mass is 16.7. The molecule has 1 N–H and O–H groups in total. The van der Waals surface area contributed by atoms with Gasteiger partial charge in [0, 0.05) is 40.7 Å². The van der Waals surface area contributed by atoms with Crippen LogP contribution in [0.15, 0.2) is 48.5 Å². The molecule has 0 saturated carbocycles. The topological polar surface area (TPSA) is 99.1 Å². The SMILES string of the molecule is Cc1cc(C(=O)CN2C(=O)N[C@@]3(CCOc4ccccc43)C2=O)c(C)n1-c1ccc2c(c1)OCO2. The highest BCUT2D eigenvalue weighted by Gasteiger charge is 2.55. The van der Waals surface area contributed by atoms with Gasteiger partial charge >= 0.3 is 6.03 Å². The standard InChI is InChI=1S/C26H23N3O6/c1-15-11-18(16(2)29(15)17-7-8-22-23(12-17)35-14-34-22)20(30)13-28-24(31)26(27-25(28)32)9-10-33-21-6-4-3-5-19(21)26/h3-8,11-12H,9-10,13-14H2,1-2H3,(H,27,32)/t26-/m1/s1. The smallest absolute Gasteiger partial charge is 0.325 e. The summed E-state index contributed by atoms with van der Waals surface area (Å²) < 4.78 is 18.5. The summed E-state index contributed by atoms with van der Waals surface area (Å²) in [6.45, 7) is 3.86. The summed E-state index contributed by atoms with van der Waals surface area (Å²) in [4.78, 5) is 40.8. The number of fused-ring (bicyclic) bond motifs is 3. The molecule has 2 aromatic carbocycles. The van der Waals surface area contributed by atoms with Crippen LogP contribution in [0.25, 0.3) is 5.69 Å². The Morgan fingerprint density at radius 2 is 1.80 bits per heavy atom. The number of urea groups is 1. The average Bonchev–Trinajstić information content (AvgIpc) is 3.50. The normalized spacial score (nSPS) is 20.1. The van der Waals surface area contributed by atoms with E-state index in [2.05, 4.69) is 5.32 Å². The fourth-order valence-electron chi connectivity index (χ4n) is 5.21. The van der Waals surface area contributed by atoms with Crippen molar-refractivity contribution >= 4 is 17.7 Å². The number of imide groups is 1. The predicted octanol–water partition coefficient (Wildman–Crippen LogP) is 3.24. The van der Waals surface area contributed by atoms with Crippen molar-refractivity contribution < 1.29 is 28.6 Å². The first kappa shape index (κ1) is 21.3. The maximum absolute atomic E-state index is 13.5. The van der Waals surface area contributed by atoms with Crippen molar-refractivity contribution in [2.75, 3.05) is 19.9 Å². The van der Waals surface area contributed by atoms with Gasteiger partial charge < -0.3 is 24.1 Å². The zero-order valence-corrected chi connectivity index (χ0v) is 19.3. The van der Waals surface area contributed by atoms with E-state index in [1.807, 2.05) is 42.7 Å². The lowest BCUT2D eigenvalue weighted by atomic mass is 9.84. The average molecular weight is 473 g/mol. The van der Waals surface area contributed by atoms with E-state index >= 15 is 0 Å². The van der Waals surface area contributed by atoms with Crippen molar-refractivity contribution in [1.82, 2.24) is 14.8 Å². The van der Waals surface area contributed by atoms with Gasteiger partial charge in [-0.3, -0.25) is 14.5 Å². The number of rotatable bonds is 4. The summed E-state index contributed by atoms with van der Waals surface area (Å²) in [5.41, 5.74) is 2.24. The molecule has 0 bridgehead atoms. The van der Waals surface area contributed by atoms with E-state index < -0.39 is 17.5 Å². The Labute approximate surface area is 201 Å². The molecule has 0 aliphatic carbocycles. The molecule has 3 aliphatic rings. The first-order valence-corrected chi connectivity index (χ1v) is 11.4. The number of aromatic nitrogens is 1. The molecule has 1 fully saturated rings. The third-order valence-electron chi connectivity index (χ3n) is 6.90. The molecule has 1 atom stereocenters. The van der Waals surface area contributed by atoms with Gasteiger partial charge in [-0.2, -0.15) is 0 Å². The monoisotopic (exact) mass is 473 g/mol. The summed E-state index contributed by atoms with van der Waals surface area (Å²) in [7, 11) is 0. The molecular formula is C26H23N3O6. The van der Waals surface area contributed by atoms with Crippen LogP contribution in [0.4, 0.5) is 4.79 Å². The first-order chi connectivity index (χ1) is 16.9. The van der Waals surface area contributed by atoms with Gasteiger partial charge in [0.05, 0.1) is 13.2 Å². The van der Waals surface area contributed by atoms with E-state index in [-0.39, 0.29) is 19.1 Å². The van der Waals surface area contributed by atoms with Gasteiger partial charge in [0.25, 0.3) is 5.91 Å². The Balaban J connectivity index is 1.29. The van der Waals surface area contributed by atoms with Crippen LogP contribution in [0.5, 0.6) is 17.2 Å². The second-order valence-electron chi connectivity index (χ2n) is 8.90. The lowest BCUT2D eigenvalue weighted by Gasteiger charge is -2.33. The Hall–Kier alpha value is -4.27. The maximum Gasteiger partial charge on any atom is 0.325 e. The van der Waals surface area contributed by atoms with Crippen LogP contribution in [0, 0.1) is 13.8 Å². The zero-order chi connectivity index (χ0) is 24.3. The predicted molar refractivity (Wildman–Crippen MR) is 124 cm³/mol. The lowest BCUT2D eigenvalue weighted by molar-refractivity contribution is -0.132. The van der Waals surface area contributed by atoms with Gasteiger partial charge in [-0.25, -0.2) is 4.79 Å². The van der Waals surface area contributed by atoms with Gasteiger partial charge in [-0.15, -0.1) is 0 Å². The van der Waals surface area contributed by atoms with E-state index in [9.17, 15) is 14.4 Å². The third-order valence-corrected chi connectivity index (χ3v) is 6.90. The molecule has 1 spiro atoms. The molecule has 9 nitrogen and oxygen atoms in total. The number of amides is 3. The molecular weight excluding hydrogens is 450 g/mol. The van der Waals surface area contributed by atoms with E-state index in [4.69, 9.17) is 14.2 Å². The summed E-state index contributed by atoms with van der Waals surface area (Å²) in [6.07, 6.45) is 0.303. The molecule has 9 heteroatoms. The Bertz CT molecular complexity index is 1410. The van der Waals surface area contributed by atoms with Gasteiger partial charge in [0.2, 0.25) is 6.79 Å². The molecule has 1 saturated heterocycles. The molecule has 3 aliphatic heterocycles. The quantitative estimate of drug-likeness (QED) is 0.462. The number of hydrogen-bond donors (Lipinski definition) is 1. The Kier molecular flexibility index (Phi) is 4.64. The number of ketones is 1. The van der Waals surface area contributed by atoms with Crippen LogP contribution in [0.1, 0.15) is 33.7 Å². The maximum atomic E-state index is 13.5. The molecule has 3 aromatic rings. The fraction of sp³-hybridized carbons (Fsp3) is 0.269. The van der Waals surface area contributed by atoms with Crippen LogP contribution in [-0.4, -0.2) is 47.1 Å². The first-order valence-electron chi connectivity index (χ1n) is 11.4. The van der Waals surface area contributed by atoms with E-state index in [1.165, 1.54) is 0 Å². The largest absolute Gasteiger partial charge is 0.493 e. The Morgan fingerprint density at radius 1 is 1.00 bits per heavy atom. The molecule has 6 rings (SSSR count). The minimum absolute atomic E-state index is 0.177. The lowest BCUT2D eigenvalue weighted by Crippen LogP contribution is -2.47. The molecule has 178 valence electrons. The number of ether oxygens (including phenoxy) is 3. The van der Waals surface area contributed by atoms with Crippen LogP contribution in [0.2, 0.25) is 0 Å². The van der Waals surface area contributed by atoms with Gasteiger partial charge in [-0.1, -0.05) is 18.2 Å². The summed E-state index contributed by atoms with van der Waals surface area (Å²) >= 11 is 0. The number of benzene rings is 2. The van der Waals surface area contributed by atoms with Crippen LogP contribution in [0.3, 0.4) is 0 Å². The molecule has 0 unspecified atom stereocenters. The number of para-hydroxylation sites is 1. The second kappa shape index (κ2) is 7.63. The van der Waals surface area contributed by atoms with Crippen molar-refractivity contribution in [1.29, 1.82) is 0 Å². The number of hydrogen-bond acceptors (Lipinski definition) is 6. The van der Waals surface area contributed by atoms with Gasteiger partial charge in [-0.05, 0) is 38.1 Å². The minimum atomic E-state index is -1.21. The van der Waals surface area contributed by atoms with Gasteiger partial charge in [0.1, 0.15) is 5.75 Å². The van der Waals surface area contributed by atoms with Crippen LogP contribution < -0.4 is 19.5 Å².